The minimum absolute atomic E-state index is 0.0295. The lowest BCUT2D eigenvalue weighted by atomic mass is 10.4. The normalized spacial score (nSPS) is 12.1. The molecule has 0 saturated heterocycles. The highest BCUT2D eigenvalue weighted by Gasteiger charge is 2.22. The van der Waals surface area contributed by atoms with E-state index in [-0.39, 0.29) is 23.8 Å². The number of nitrogens with one attached hydrogen (secondary N) is 1. The van der Waals surface area contributed by atoms with Crippen LogP contribution in [0.5, 0.6) is 0 Å². The number of hydrogen-bond donors (Lipinski definition) is 2. The van der Waals surface area contributed by atoms with E-state index >= 15 is 0 Å². The van der Waals surface area contributed by atoms with Crippen molar-refractivity contribution in [1.29, 1.82) is 0 Å². The van der Waals surface area contributed by atoms with Crippen LogP contribution in [-0.2, 0) is 25.1 Å². The topological polar surface area (TPSA) is 134 Å². The molecule has 2 aromatic rings. The van der Waals surface area contributed by atoms with Crippen LogP contribution in [0, 0.1) is 0 Å². The zero-order valence-electron chi connectivity index (χ0n) is 14.4. The smallest absolute Gasteiger partial charge is 0.330 e. The van der Waals surface area contributed by atoms with Gasteiger partial charge in [0.1, 0.15) is 6.73 Å². The summed E-state index contributed by atoms with van der Waals surface area (Å²) in [5.74, 6) is 0.0295. The minimum Gasteiger partial charge on any atom is -0.369 e. The number of ether oxygens (including phenoxy) is 1. The number of rotatable bonds is 11. The Morgan fingerprint density at radius 3 is 2.68 bits per heavy atom. The van der Waals surface area contributed by atoms with E-state index in [1.54, 1.807) is 18.4 Å². The predicted molar refractivity (Wildman–Crippen MR) is 93.5 cm³/mol. The van der Waals surface area contributed by atoms with Gasteiger partial charge in [0.25, 0.3) is 5.56 Å². The number of aromatic amines is 1. The summed E-state index contributed by atoms with van der Waals surface area (Å²) in [5.41, 5.74) is 5.74. The lowest BCUT2D eigenvalue weighted by molar-refractivity contribution is 0.0768. The summed E-state index contributed by atoms with van der Waals surface area (Å²) < 4.78 is 29.9. The Morgan fingerprint density at radius 2 is 2.00 bits per heavy atom. The summed E-state index contributed by atoms with van der Waals surface area (Å²) in [5, 5.41) is 0. The first-order chi connectivity index (χ1) is 12.0. The molecule has 0 fully saturated rings. The van der Waals surface area contributed by atoms with Gasteiger partial charge in [0, 0.05) is 6.61 Å². The van der Waals surface area contributed by atoms with Crippen LogP contribution in [0.25, 0.3) is 11.2 Å². The van der Waals surface area contributed by atoms with E-state index in [2.05, 4.69) is 15.0 Å². The second kappa shape index (κ2) is 9.10. The zero-order chi connectivity index (χ0) is 18.3. The SMILES string of the molecule is CCOP(=O)(CCCCOCn1cnc2c(=O)[nH]c(N)nc21)OCC. The van der Waals surface area contributed by atoms with Crippen LogP contribution in [0.3, 0.4) is 0 Å². The second-order valence-electron chi connectivity index (χ2n) is 5.25. The zero-order valence-corrected chi connectivity index (χ0v) is 15.3. The quantitative estimate of drug-likeness (QED) is 0.449. The molecule has 3 N–H and O–H groups in total. The largest absolute Gasteiger partial charge is 0.369 e. The first kappa shape index (κ1) is 19.6. The Labute approximate surface area is 145 Å². The van der Waals surface area contributed by atoms with E-state index < -0.39 is 7.60 Å². The van der Waals surface area contributed by atoms with Crippen molar-refractivity contribution in [3.8, 4) is 0 Å². The highest BCUT2D eigenvalue weighted by Crippen LogP contribution is 2.48. The van der Waals surface area contributed by atoms with Crippen LogP contribution >= 0.6 is 7.60 Å². The van der Waals surface area contributed by atoms with Crippen molar-refractivity contribution >= 4 is 24.7 Å². The standard InChI is InChI=1S/C14H24N5O5P/c1-3-23-25(21,24-4-2)8-6-5-7-22-10-19-9-16-11-12(19)17-14(15)18-13(11)20/h9H,3-8,10H2,1-2H3,(H3,15,17,18,20). The fourth-order valence-corrected chi connectivity index (χ4v) is 4.03. The van der Waals surface area contributed by atoms with Gasteiger partial charge in [-0.2, -0.15) is 4.98 Å². The fraction of sp³-hybridized carbons (Fsp3) is 0.643. The highest BCUT2D eigenvalue weighted by atomic mass is 31.2. The Bertz CT molecular complexity index is 780. The third-order valence-corrected chi connectivity index (χ3v) is 5.51. The Hall–Kier alpha value is -1.74. The molecule has 25 heavy (non-hydrogen) atoms. The van der Waals surface area contributed by atoms with E-state index in [9.17, 15) is 9.36 Å². The van der Waals surface area contributed by atoms with Crippen molar-refractivity contribution in [2.75, 3.05) is 31.7 Å². The molecule has 140 valence electrons. The molecule has 0 aromatic carbocycles. The van der Waals surface area contributed by atoms with Crippen LogP contribution in [0.15, 0.2) is 11.1 Å². The highest BCUT2D eigenvalue weighted by molar-refractivity contribution is 7.53. The lowest BCUT2D eigenvalue weighted by Gasteiger charge is -2.16. The van der Waals surface area contributed by atoms with Crippen LogP contribution in [0.1, 0.15) is 26.7 Å². The number of nitrogen functional groups attached to an aromatic ring is 1. The monoisotopic (exact) mass is 373 g/mol. The van der Waals surface area contributed by atoms with Gasteiger partial charge in [-0.25, -0.2) is 4.98 Å². The summed E-state index contributed by atoms with van der Waals surface area (Å²) >= 11 is 0. The lowest BCUT2D eigenvalue weighted by Crippen LogP contribution is -2.12. The number of imidazole rings is 1. The van der Waals surface area contributed by atoms with E-state index in [0.29, 0.717) is 44.5 Å². The average Bonchev–Trinajstić information content (AvgIpc) is 2.94. The third kappa shape index (κ3) is 5.37. The van der Waals surface area contributed by atoms with Crippen molar-refractivity contribution in [3.63, 3.8) is 0 Å². The summed E-state index contributed by atoms with van der Waals surface area (Å²) in [7, 11) is -2.99. The van der Waals surface area contributed by atoms with E-state index in [1.807, 2.05) is 0 Å². The number of fused-ring (bicyclic) bond motifs is 1. The van der Waals surface area contributed by atoms with Crippen LogP contribution in [-0.4, -0.2) is 45.5 Å². The average molecular weight is 373 g/mol. The van der Waals surface area contributed by atoms with E-state index in [4.69, 9.17) is 19.5 Å². The van der Waals surface area contributed by atoms with Gasteiger partial charge in [-0.1, -0.05) is 0 Å². The Morgan fingerprint density at radius 1 is 1.28 bits per heavy atom. The summed E-state index contributed by atoms with van der Waals surface area (Å²) in [6.07, 6.45) is 3.20. The number of unbranched alkanes of at least 4 members (excludes halogenated alkanes) is 1. The van der Waals surface area contributed by atoms with Gasteiger partial charge in [-0.05, 0) is 26.7 Å². The Balaban J connectivity index is 1.78. The van der Waals surface area contributed by atoms with Crippen LogP contribution in [0.4, 0.5) is 5.95 Å². The minimum atomic E-state index is -2.99. The molecule has 2 heterocycles. The first-order valence-electron chi connectivity index (χ1n) is 8.15. The molecule has 0 saturated carbocycles. The Kier molecular flexibility index (Phi) is 7.12. The van der Waals surface area contributed by atoms with Gasteiger partial charge in [0.05, 0.1) is 25.7 Å². The summed E-state index contributed by atoms with van der Waals surface area (Å²) in [6, 6.07) is 0. The number of nitrogens with two attached hydrogens (primary N) is 1. The first-order valence-corrected chi connectivity index (χ1v) is 9.88. The second-order valence-corrected chi connectivity index (χ2v) is 7.44. The molecule has 11 heteroatoms. The molecular weight excluding hydrogens is 349 g/mol. The van der Waals surface area contributed by atoms with E-state index in [1.165, 1.54) is 6.33 Å². The molecule has 2 rings (SSSR count). The van der Waals surface area contributed by atoms with Crippen LogP contribution < -0.4 is 11.3 Å². The number of H-pyrrole nitrogens is 1. The maximum atomic E-state index is 12.3. The van der Waals surface area contributed by atoms with Gasteiger partial charge < -0.3 is 19.5 Å². The summed E-state index contributed by atoms with van der Waals surface area (Å²) in [6.45, 7) is 4.94. The molecule has 0 amide bonds. The molecule has 0 aliphatic carbocycles. The van der Waals surface area contributed by atoms with Crippen molar-refractivity contribution in [3.05, 3.63) is 16.7 Å². The van der Waals surface area contributed by atoms with Gasteiger partial charge >= 0.3 is 7.60 Å². The molecule has 0 unspecified atom stereocenters. The van der Waals surface area contributed by atoms with Crippen LogP contribution in [0.2, 0.25) is 0 Å². The number of aromatic nitrogens is 4. The summed E-state index contributed by atoms with van der Waals surface area (Å²) in [4.78, 5) is 22.1. The fourth-order valence-electron chi connectivity index (χ4n) is 2.30. The van der Waals surface area contributed by atoms with E-state index in [0.717, 1.165) is 0 Å². The molecule has 0 spiro atoms. The van der Waals surface area contributed by atoms with Gasteiger partial charge in [0.15, 0.2) is 11.2 Å². The van der Waals surface area contributed by atoms with Crippen molar-refractivity contribution in [2.24, 2.45) is 0 Å². The molecular formula is C14H24N5O5P. The van der Waals surface area contributed by atoms with Gasteiger partial charge in [0.2, 0.25) is 5.95 Å². The van der Waals surface area contributed by atoms with Crippen molar-refractivity contribution in [1.82, 2.24) is 19.5 Å². The molecule has 0 aliphatic rings. The van der Waals surface area contributed by atoms with Gasteiger partial charge in [-0.15, -0.1) is 0 Å². The van der Waals surface area contributed by atoms with Gasteiger partial charge in [-0.3, -0.25) is 18.9 Å². The molecule has 0 aliphatic heterocycles. The predicted octanol–water partition coefficient (Wildman–Crippen LogP) is 1.72. The third-order valence-electron chi connectivity index (χ3n) is 3.35. The molecule has 10 nitrogen and oxygen atoms in total. The number of nitrogens with zero attached hydrogens (tertiary/aromatic N) is 3. The molecule has 2 aromatic heterocycles. The molecule has 0 atom stereocenters. The maximum absolute atomic E-state index is 12.3. The van der Waals surface area contributed by atoms with Crippen molar-refractivity contribution in [2.45, 2.75) is 33.4 Å². The molecule has 0 radical (unpaired) electrons. The molecule has 0 bridgehead atoms. The number of hydrogen-bond acceptors (Lipinski definition) is 8. The maximum Gasteiger partial charge on any atom is 0.330 e. The number of anilines is 1. The van der Waals surface area contributed by atoms with Crippen molar-refractivity contribution < 1.29 is 18.3 Å².